The molecule has 2 atom stereocenters. The van der Waals surface area contributed by atoms with Gasteiger partial charge in [0.25, 0.3) is 0 Å². The summed E-state index contributed by atoms with van der Waals surface area (Å²) < 4.78 is 5.24. The van der Waals surface area contributed by atoms with Crippen LogP contribution in [0.5, 0.6) is 0 Å². The van der Waals surface area contributed by atoms with Crippen LogP contribution in [-0.2, 0) is 9.53 Å². The Balaban J connectivity index is 1.25. The first kappa shape index (κ1) is 21.2. The van der Waals surface area contributed by atoms with Crippen LogP contribution in [0.2, 0.25) is 0 Å². The molecule has 6 rings (SSSR count). The summed E-state index contributed by atoms with van der Waals surface area (Å²) in [5.41, 5.74) is 0.338. The average molecular weight is 490 g/mol. The lowest BCUT2D eigenvalue weighted by Crippen LogP contribution is -2.59. The maximum Gasteiger partial charge on any atom is 0.339 e. The molecule has 0 aromatic carbocycles. The van der Waals surface area contributed by atoms with Gasteiger partial charge >= 0.3 is 5.97 Å². The molecule has 4 saturated carbocycles. The fraction of sp³-hybridized carbons (Fsp3) is 0.708. The zero-order valence-electron chi connectivity index (χ0n) is 18.3. The van der Waals surface area contributed by atoms with E-state index >= 15 is 0 Å². The van der Waals surface area contributed by atoms with Crippen LogP contribution in [0.3, 0.4) is 0 Å². The molecule has 0 radical (unpaired) electrons. The molecule has 1 saturated heterocycles. The van der Waals surface area contributed by atoms with Gasteiger partial charge in [-0.15, -0.1) is 0 Å². The molecule has 4 aliphatic carbocycles. The van der Waals surface area contributed by atoms with Gasteiger partial charge in [-0.05, 0) is 75.8 Å². The number of halogens is 1. The topological polar surface area (TPSA) is 62.7 Å². The van der Waals surface area contributed by atoms with Crippen LogP contribution < -0.4 is 4.90 Å². The standard InChI is InChI=1S/C24H32BrN3O3/c1-2-31-21(29)19-4-5-20(26-15-19)27-6-3-7-28(9-8-27)22(30)23-11-17-10-18(12-23)14-24(25,13-17)16-23/h4-5,15,17-18H,2-3,6-14,16H2,1H3. The number of esters is 1. The normalized spacial score (nSPS) is 34.5. The molecule has 0 N–H and O–H groups in total. The molecule has 5 aliphatic rings. The van der Waals surface area contributed by atoms with E-state index in [1.165, 1.54) is 19.3 Å². The van der Waals surface area contributed by atoms with E-state index in [0.717, 1.165) is 69.5 Å². The highest BCUT2D eigenvalue weighted by Gasteiger charge is 2.60. The number of anilines is 1. The van der Waals surface area contributed by atoms with Crippen molar-refractivity contribution in [1.82, 2.24) is 9.88 Å². The minimum atomic E-state index is -0.339. The maximum absolute atomic E-state index is 13.8. The van der Waals surface area contributed by atoms with Gasteiger partial charge in [0, 0.05) is 36.7 Å². The Labute approximate surface area is 192 Å². The molecule has 168 valence electrons. The van der Waals surface area contributed by atoms with Crippen molar-refractivity contribution in [2.45, 2.75) is 56.2 Å². The highest BCUT2D eigenvalue weighted by molar-refractivity contribution is 9.10. The lowest BCUT2D eigenvalue weighted by molar-refractivity contribution is -0.155. The summed E-state index contributed by atoms with van der Waals surface area (Å²) in [5.74, 6) is 2.36. The second-order valence-electron chi connectivity index (χ2n) is 10.2. The van der Waals surface area contributed by atoms with Gasteiger partial charge in [-0.1, -0.05) is 15.9 Å². The quantitative estimate of drug-likeness (QED) is 0.471. The van der Waals surface area contributed by atoms with Gasteiger partial charge in [0.15, 0.2) is 0 Å². The number of carbonyl (C=O) groups excluding carboxylic acids is 2. The number of alkyl halides is 1. The molecule has 31 heavy (non-hydrogen) atoms. The number of nitrogens with zero attached hydrogens (tertiary/aromatic N) is 3. The van der Waals surface area contributed by atoms with Gasteiger partial charge in [-0.2, -0.15) is 0 Å². The molecule has 7 heteroatoms. The van der Waals surface area contributed by atoms with E-state index in [1.54, 1.807) is 19.2 Å². The summed E-state index contributed by atoms with van der Waals surface area (Å²) in [7, 11) is 0. The van der Waals surface area contributed by atoms with Crippen LogP contribution in [0.1, 0.15) is 62.2 Å². The minimum absolute atomic E-state index is 0.137. The summed E-state index contributed by atoms with van der Waals surface area (Å²) >= 11 is 4.05. The second kappa shape index (κ2) is 8.05. The van der Waals surface area contributed by atoms with Crippen LogP contribution >= 0.6 is 15.9 Å². The monoisotopic (exact) mass is 489 g/mol. The number of rotatable bonds is 4. The SMILES string of the molecule is CCOC(=O)c1ccc(N2CCCN(C(=O)C34CC5CC(CC(Br)(C5)C3)C4)CC2)nc1. The number of aromatic nitrogens is 1. The van der Waals surface area contributed by atoms with Crippen molar-refractivity contribution in [3.05, 3.63) is 23.9 Å². The molecule has 1 aliphatic heterocycles. The molecule has 0 spiro atoms. The lowest BCUT2D eigenvalue weighted by atomic mass is 9.49. The first-order valence-corrected chi connectivity index (χ1v) is 12.6. The van der Waals surface area contributed by atoms with E-state index in [2.05, 4.69) is 30.7 Å². The van der Waals surface area contributed by atoms with E-state index < -0.39 is 0 Å². The molecule has 1 amide bonds. The predicted octanol–water partition coefficient (Wildman–Crippen LogP) is 4.03. The minimum Gasteiger partial charge on any atom is -0.462 e. The molecule has 4 bridgehead atoms. The zero-order valence-corrected chi connectivity index (χ0v) is 19.9. The Hall–Kier alpha value is -1.63. The molecule has 5 fully saturated rings. The van der Waals surface area contributed by atoms with Crippen molar-refractivity contribution < 1.29 is 14.3 Å². The summed E-state index contributed by atoms with van der Waals surface area (Å²) in [5, 5.41) is 0. The largest absolute Gasteiger partial charge is 0.462 e. The van der Waals surface area contributed by atoms with Gasteiger partial charge in [0.1, 0.15) is 5.82 Å². The fourth-order valence-corrected chi connectivity index (χ4v) is 8.45. The Kier molecular flexibility index (Phi) is 5.51. The van der Waals surface area contributed by atoms with E-state index in [1.807, 2.05) is 6.07 Å². The lowest BCUT2D eigenvalue weighted by Gasteiger charge is -2.60. The van der Waals surface area contributed by atoms with E-state index in [4.69, 9.17) is 4.74 Å². The van der Waals surface area contributed by atoms with E-state index in [0.29, 0.717) is 18.1 Å². The first-order chi connectivity index (χ1) is 14.9. The Morgan fingerprint density at radius 1 is 1.13 bits per heavy atom. The van der Waals surface area contributed by atoms with Crippen LogP contribution in [0.25, 0.3) is 0 Å². The summed E-state index contributed by atoms with van der Waals surface area (Å²) in [4.78, 5) is 34.5. The predicted molar refractivity (Wildman–Crippen MR) is 122 cm³/mol. The maximum atomic E-state index is 13.8. The Morgan fingerprint density at radius 2 is 1.90 bits per heavy atom. The van der Waals surface area contributed by atoms with Crippen LogP contribution in [0.15, 0.2) is 18.3 Å². The number of hydrogen-bond acceptors (Lipinski definition) is 5. The number of hydrogen-bond donors (Lipinski definition) is 0. The van der Waals surface area contributed by atoms with Crippen LogP contribution in [-0.4, -0.2) is 58.9 Å². The fourth-order valence-electron chi connectivity index (χ4n) is 6.99. The van der Waals surface area contributed by atoms with Crippen molar-refractivity contribution in [2.75, 3.05) is 37.7 Å². The van der Waals surface area contributed by atoms with Crippen molar-refractivity contribution in [3.8, 4) is 0 Å². The molecule has 2 heterocycles. The van der Waals surface area contributed by atoms with Gasteiger partial charge in [0.05, 0.1) is 17.6 Å². The number of amides is 1. The first-order valence-electron chi connectivity index (χ1n) is 11.8. The van der Waals surface area contributed by atoms with E-state index in [-0.39, 0.29) is 15.7 Å². The van der Waals surface area contributed by atoms with Crippen LogP contribution in [0.4, 0.5) is 5.82 Å². The number of pyridine rings is 1. The Bertz CT molecular complexity index is 844. The average Bonchev–Trinajstić information content (AvgIpc) is 2.98. The van der Waals surface area contributed by atoms with Crippen molar-refractivity contribution in [1.29, 1.82) is 0 Å². The molecule has 2 unspecified atom stereocenters. The third kappa shape index (κ3) is 3.98. The van der Waals surface area contributed by atoms with Gasteiger partial charge in [-0.3, -0.25) is 4.79 Å². The second-order valence-corrected chi connectivity index (χ2v) is 11.8. The highest BCUT2D eigenvalue weighted by Crippen LogP contribution is 2.64. The molecule has 1 aromatic heterocycles. The van der Waals surface area contributed by atoms with E-state index in [9.17, 15) is 9.59 Å². The highest BCUT2D eigenvalue weighted by atomic mass is 79.9. The number of ether oxygens (including phenoxy) is 1. The van der Waals surface area contributed by atoms with Crippen molar-refractivity contribution in [2.24, 2.45) is 17.3 Å². The van der Waals surface area contributed by atoms with Gasteiger partial charge in [0.2, 0.25) is 5.91 Å². The molecule has 6 nitrogen and oxygen atoms in total. The smallest absolute Gasteiger partial charge is 0.339 e. The van der Waals surface area contributed by atoms with Crippen molar-refractivity contribution >= 4 is 33.6 Å². The van der Waals surface area contributed by atoms with Crippen molar-refractivity contribution in [3.63, 3.8) is 0 Å². The molecule has 1 aromatic rings. The molecular weight excluding hydrogens is 458 g/mol. The van der Waals surface area contributed by atoms with Gasteiger partial charge in [-0.25, -0.2) is 9.78 Å². The Morgan fingerprint density at radius 3 is 2.55 bits per heavy atom. The third-order valence-corrected chi connectivity index (χ3v) is 8.74. The summed E-state index contributed by atoms with van der Waals surface area (Å²) in [6.45, 7) is 5.37. The zero-order chi connectivity index (χ0) is 21.6. The summed E-state index contributed by atoms with van der Waals surface area (Å²) in [6.07, 6.45) is 9.55. The van der Waals surface area contributed by atoms with Crippen LogP contribution in [0, 0.1) is 17.3 Å². The summed E-state index contributed by atoms with van der Waals surface area (Å²) in [6, 6.07) is 3.66. The molecular formula is C24H32BrN3O3. The third-order valence-electron chi connectivity index (χ3n) is 7.81. The number of carbonyl (C=O) groups is 2. The van der Waals surface area contributed by atoms with Gasteiger partial charge < -0.3 is 14.5 Å².